The van der Waals surface area contributed by atoms with E-state index >= 15 is 0 Å². The Labute approximate surface area is 166 Å². The number of hydrogen-bond acceptors (Lipinski definition) is 7. The number of benzene rings is 1. The van der Waals surface area contributed by atoms with E-state index in [-0.39, 0.29) is 43.5 Å². The molecule has 2 heterocycles. The molecule has 2 amide bonds. The molecule has 2 saturated heterocycles. The molecule has 0 radical (unpaired) electrons. The van der Waals surface area contributed by atoms with Crippen LogP contribution in [0.1, 0.15) is 0 Å². The second-order valence-corrected chi connectivity index (χ2v) is 8.38. The summed E-state index contributed by atoms with van der Waals surface area (Å²) in [6.45, 7) is -0.331. The molecule has 0 aliphatic carbocycles. The minimum Gasteiger partial charge on any atom is -0.441 e. The number of alkyl halides is 1. The number of ether oxygens (including phenoxy) is 1. The Kier molecular flexibility index (Phi) is 6.22. The highest BCUT2D eigenvalue weighted by Crippen LogP contribution is 2.28. The smallest absolute Gasteiger partial charge is 0.414 e. The zero-order chi connectivity index (χ0) is 21.2. The van der Waals surface area contributed by atoms with Crippen molar-refractivity contribution in [2.45, 2.75) is 6.10 Å². The van der Waals surface area contributed by atoms with Crippen molar-refractivity contribution in [2.75, 3.05) is 62.1 Å². The molecule has 2 fully saturated rings. The van der Waals surface area contributed by atoms with Gasteiger partial charge in [0.25, 0.3) is 10.1 Å². The predicted molar refractivity (Wildman–Crippen MR) is 99.6 cm³/mol. The topological polar surface area (TPSA) is 96.5 Å². The maximum absolute atomic E-state index is 14.7. The highest BCUT2D eigenvalue weighted by molar-refractivity contribution is 7.85. The molecular weight excluding hydrogens is 412 g/mol. The molecular formula is C17H21F2N3O6S. The van der Waals surface area contributed by atoms with Crippen LogP contribution < -0.4 is 9.80 Å². The van der Waals surface area contributed by atoms with Gasteiger partial charge in [-0.2, -0.15) is 8.42 Å². The molecule has 1 atom stereocenters. The molecule has 0 N–H and O–H groups in total. The normalized spacial score (nSPS) is 20.4. The van der Waals surface area contributed by atoms with Crippen LogP contribution in [0.15, 0.2) is 18.2 Å². The van der Waals surface area contributed by atoms with E-state index in [1.807, 2.05) is 0 Å². The third-order valence-electron chi connectivity index (χ3n) is 4.60. The summed E-state index contributed by atoms with van der Waals surface area (Å²) >= 11 is 0. The van der Waals surface area contributed by atoms with Gasteiger partial charge in [0.1, 0.15) is 25.2 Å². The Morgan fingerprint density at radius 1 is 1.28 bits per heavy atom. The number of cyclic esters (lactones) is 1. The van der Waals surface area contributed by atoms with Crippen LogP contribution in [-0.2, 0) is 23.8 Å². The first-order chi connectivity index (χ1) is 13.7. The van der Waals surface area contributed by atoms with Gasteiger partial charge in [-0.1, -0.05) is 0 Å². The summed E-state index contributed by atoms with van der Waals surface area (Å²) in [5.74, 6) is -0.910. The highest BCUT2D eigenvalue weighted by atomic mass is 32.2. The van der Waals surface area contributed by atoms with Crippen LogP contribution in [0.4, 0.5) is 25.0 Å². The molecule has 0 bridgehead atoms. The van der Waals surface area contributed by atoms with Crippen molar-refractivity contribution >= 4 is 33.5 Å². The molecule has 12 heteroatoms. The first-order valence-corrected chi connectivity index (χ1v) is 10.7. The van der Waals surface area contributed by atoms with E-state index in [2.05, 4.69) is 4.18 Å². The second kappa shape index (κ2) is 8.49. The Hall–Kier alpha value is -2.47. The molecule has 0 aromatic heterocycles. The van der Waals surface area contributed by atoms with Crippen molar-refractivity contribution in [3.05, 3.63) is 24.0 Å². The fourth-order valence-corrected chi connectivity index (χ4v) is 3.59. The van der Waals surface area contributed by atoms with Crippen molar-refractivity contribution < 1.29 is 35.7 Å². The molecule has 1 aromatic rings. The molecule has 160 valence electrons. The Bertz CT molecular complexity index is 897. The van der Waals surface area contributed by atoms with Gasteiger partial charge in [0, 0.05) is 19.6 Å². The van der Waals surface area contributed by atoms with Crippen LogP contribution in [-0.4, -0.2) is 83.7 Å². The number of amides is 2. The molecule has 0 saturated carbocycles. The minimum absolute atomic E-state index is 0.00747. The van der Waals surface area contributed by atoms with Gasteiger partial charge in [-0.25, -0.2) is 13.6 Å². The number of piperazine rings is 1. The zero-order valence-electron chi connectivity index (χ0n) is 15.7. The number of nitrogens with zero attached hydrogens (tertiary/aromatic N) is 3. The van der Waals surface area contributed by atoms with E-state index in [4.69, 9.17) is 4.74 Å². The van der Waals surface area contributed by atoms with Crippen molar-refractivity contribution in [2.24, 2.45) is 0 Å². The molecule has 9 nitrogen and oxygen atoms in total. The fourth-order valence-electron chi connectivity index (χ4n) is 3.19. The molecule has 1 unspecified atom stereocenters. The van der Waals surface area contributed by atoms with E-state index in [0.29, 0.717) is 13.1 Å². The SMILES string of the molecule is CS(=O)(=O)OCC1CN(c2ccc(N3CCN(CCF)C(=O)C3)c(F)c2)C(=O)O1. The summed E-state index contributed by atoms with van der Waals surface area (Å²) in [7, 11) is -3.68. The molecule has 3 rings (SSSR count). The van der Waals surface area contributed by atoms with E-state index in [9.17, 15) is 26.8 Å². The molecule has 0 spiro atoms. The van der Waals surface area contributed by atoms with Gasteiger partial charge < -0.3 is 14.5 Å². The van der Waals surface area contributed by atoms with Gasteiger partial charge in [-0.05, 0) is 18.2 Å². The second-order valence-electron chi connectivity index (χ2n) is 6.73. The number of hydrogen-bond donors (Lipinski definition) is 0. The van der Waals surface area contributed by atoms with E-state index in [0.717, 1.165) is 12.3 Å². The van der Waals surface area contributed by atoms with Crippen LogP contribution in [0.2, 0.25) is 0 Å². The Morgan fingerprint density at radius 3 is 2.66 bits per heavy atom. The van der Waals surface area contributed by atoms with Crippen molar-refractivity contribution in [1.29, 1.82) is 0 Å². The Balaban J connectivity index is 1.67. The summed E-state index contributed by atoms with van der Waals surface area (Å²) in [5, 5.41) is 0. The number of anilines is 2. The summed E-state index contributed by atoms with van der Waals surface area (Å²) in [4.78, 5) is 28.2. The average molecular weight is 433 g/mol. The first-order valence-electron chi connectivity index (χ1n) is 8.88. The van der Waals surface area contributed by atoms with Crippen molar-refractivity contribution in [3.8, 4) is 0 Å². The quantitative estimate of drug-likeness (QED) is 0.586. The van der Waals surface area contributed by atoms with Crippen molar-refractivity contribution in [1.82, 2.24) is 4.90 Å². The van der Waals surface area contributed by atoms with Gasteiger partial charge in [0.15, 0.2) is 0 Å². The summed E-state index contributed by atoms with van der Waals surface area (Å²) in [6.07, 6.45) is -0.659. The largest absolute Gasteiger partial charge is 0.441 e. The van der Waals surface area contributed by atoms with Crippen LogP contribution in [0, 0.1) is 5.82 Å². The van der Waals surface area contributed by atoms with E-state index in [1.165, 1.54) is 21.9 Å². The van der Waals surface area contributed by atoms with Crippen molar-refractivity contribution in [3.63, 3.8) is 0 Å². The lowest BCUT2D eigenvalue weighted by molar-refractivity contribution is -0.131. The lowest BCUT2D eigenvalue weighted by Gasteiger charge is -2.35. The molecule has 1 aromatic carbocycles. The third kappa shape index (κ3) is 5.12. The van der Waals surface area contributed by atoms with Crippen LogP contribution in [0.3, 0.4) is 0 Å². The first kappa shape index (κ1) is 21.2. The predicted octanol–water partition coefficient (Wildman–Crippen LogP) is 0.745. The number of rotatable bonds is 7. The lowest BCUT2D eigenvalue weighted by atomic mass is 10.2. The molecule has 2 aliphatic rings. The number of carbonyl (C=O) groups is 2. The van der Waals surface area contributed by atoms with Gasteiger partial charge in [0.2, 0.25) is 5.91 Å². The molecule has 2 aliphatic heterocycles. The maximum atomic E-state index is 14.7. The molecule has 29 heavy (non-hydrogen) atoms. The summed E-state index contributed by atoms with van der Waals surface area (Å²) in [5.41, 5.74) is 0.437. The van der Waals surface area contributed by atoms with Crippen LogP contribution in [0.5, 0.6) is 0 Å². The average Bonchev–Trinajstić information content (AvgIpc) is 3.02. The third-order valence-corrected chi connectivity index (χ3v) is 5.16. The monoisotopic (exact) mass is 433 g/mol. The fraction of sp³-hybridized carbons (Fsp3) is 0.529. The number of halogens is 2. The van der Waals surface area contributed by atoms with Gasteiger partial charge in [-0.3, -0.25) is 13.9 Å². The van der Waals surface area contributed by atoms with E-state index in [1.54, 1.807) is 4.90 Å². The van der Waals surface area contributed by atoms with Crippen LogP contribution >= 0.6 is 0 Å². The zero-order valence-corrected chi connectivity index (χ0v) is 16.5. The highest BCUT2D eigenvalue weighted by Gasteiger charge is 2.34. The van der Waals surface area contributed by atoms with Gasteiger partial charge in [0.05, 0.1) is 30.7 Å². The standard InChI is InChI=1S/C17H21F2N3O6S/c1-29(25,26)27-11-13-9-22(17(24)28-13)12-2-3-15(14(19)8-12)21-7-6-20(5-4-18)16(23)10-21/h2-3,8,13H,4-7,9-11H2,1H3. The summed E-state index contributed by atoms with van der Waals surface area (Å²) < 4.78 is 58.9. The lowest BCUT2D eigenvalue weighted by Crippen LogP contribution is -2.51. The maximum Gasteiger partial charge on any atom is 0.414 e. The van der Waals surface area contributed by atoms with E-state index < -0.39 is 34.8 Å². The number of carbonyl (C=O) groups excluding carboxylic acids is 2. The van der Waals surface area contributed by atoms with Gasteiger partial charge in [-0.15, -0.1) is 0 Å². The van der Waals surface area contributed by atoms with Gasteiger partial charge >= 0.3 is 6.09 Å². The minimum atomic E-state index is -3.68. The Morgan fingerprint density at radius 2 is 2.03 bits per heavy atom. The summed E-state index contributed by atoms with van der Waals surface area (Å²) in [6, 6.07) is 4.11. The van der Waals surface area contributed by atoms with Crippen LogP contribution in [0.25, 0.3) is 0 Å².